The lowest BCUT2D eigenvalue weighted by Gasteiger charge is -2.32. The third kappa shape index (κ3) is 5.52. The maximum atomic E-state index is 12.1. The number of amides is 1. The van der Waals surface area contributed by atoms with Gasteiger partial charge in [-0.3, -0.25) is 4.79 Å². The Kier molecular flexibility index (Phi) is 7.44. The molecule has 3 nitrogen and oxygen atoms in total. The summed E-state index contributed by atoms with van der Waals surface area (Å²) in [5, 5.41) is 6.61. The number of nitrogens with one attached hydrogen (secondary N) is 2. The van der Waals surface area contributed by atoms with Crippen molar-refractivity contribution in [2.24, 2.45) is 5.92 Å². The third-order valence-electron chi connectivity index (χ3n) is 4.52. The Morgan fingerprint density at radius 1 is 1.11 bits per heavy atom. The molecule has 0 bridgehead atoms. The van der Waals surface area contributed by atoms with E-state index >= 15 is 0 Å². The van der Waals surface area contributed by atoms with Crippen molar-refractivity contribution < 1.29 is 4.79 Å². The molecule has 0 aromatic rings. The first-order valence-electron chi connectivity index (χ1n) is 8.14. The van der Waals surface area contributed by atoms with Crippen LogP contribution in [-0.2, 0) is 4.79 Å². The lowest BCUT2D eigenvalue weighted by Crippen LogP contribution is -2.50. The van der Waals surface area contributed by atoms with Crippen molar-refractivity contribution in [2.45, 2.75) is 90.8 Å². The summed E-state index contributed by atoms with van der Waals surface area (Å²) in [7, 11) is 0. The van der Waals surface area contributed by atoms with E-state index in [0.717, 1.165) is 18.8 Å². The van der Waals surface area contributed by atoms with Gasteiger partial charge in [0.05, 0.1) is 6.04 Å². The quantitative estimate of drug-likeness (QED) is 0.744. The maximum absolute atomic E-state index is 12.1. The van der Waals surface area contributed by atoms with Crippen LogP contribution < -0.4 is 10.6 Å². The molecule has 19 heavy (non-hydrogen) atoms. The van der Waals surface area contributed by atoms with Gasteiger partial charge in [-0.15, -0.1) is 0 Å². The molecule has 1 rings (SSSR count). The van der Waals surface area contributed by atoms with E-state index in [-0.39, 0.29) is 18.0 Å². The second-order valence-electron chi connectivity index (χ2n) is 6.12. The van der Waals surface area contributed by atoms with Crippen LogP contribution in [-0.4, -0.2) is 24.0 Å². The Balaban J connectivity index is 2.42. The highest BCUT2D eigenvalue weighted by molar-refractivity contribution is 5.81. The number of rotatable bonds is 7. The zero-order valence-corrected chi connectivity index (χ0v) is 13.2. The normalized spacial score (nSPS) is 21.7. The number of hydrogen-bond donors (Lipinski definition) is 2. The van der Waals surface area contributed by atoms with Crippen molar-refractivity contribution in [1.82, 2.24) is 10.6 Å². The summed E-state index contributed by atoms with van der Waals surface area (Å²) in [6, 6.07) is 0.686. The van der Waals surface area contributed by atoms with Crippen LogP contribution in [0.3, 0.4) is 0 Å². The van der Waals surface area contributed by atoms with Crippen molar-refractivity contribution in [3.05, 3.63) is 0 Å². The molecule has 1 amide bonds. The van der Waals surface area contributed by atoms with E-state index in [2.05, 4.69) is 31.4 Å². The molecule has 0 aliphatic heterocycles. The fraction of sp³-hybridized carbons (Fsp3) is 0.938. The second kappa shape index (κ2) is 8.57. The van der Waals surface area contributed by atoms with Crippen LogP contribution in [0.25, 0.3) is 0 Å². The molecule has 0 spiro atoms. The van der Waals surface area contributed by atoms with E-state index in [4.69, 9.17) is 0 Å². The lowest BCUT2D eigenvalue weighted by molar-refractivity contribution is -0.123. The van der Waals surface area contributed by atoms with Crippen LogP contribution in [0.15, 0.2) is 0 Å². The van der Waals surface area contributed by atoms with Gasteiger partial charge in [0.2, 0.25) is 5.91 Å². The molecule has 1 fully saturated rings. The lowest BCUT2D eigenvalue weighted by atomic mass is 9.82. The zero-order valence-electron chi connectivity index (χ0n) is 13.2. The molecule has 2 N–H and O–H groups in total. The zero-order chi connectivity index (χ0) is 14.3. The Labute approximate surface area is 118 Å². The minimum atomic E-state index is -0.0825. The number of carbonyl (C=O) groups excluding carboxylic acids is 1. The molecule has 0 heterocycles. The first-order valence-corrected chi connectivity index (χ1v) is 8.14. The summed E-state index contributed by atoms with van der Waals surface area (Å²) in [5.41, 5.74) is 0. The average Bonchev–Trinajstić information content (AvgIpc) is 2.45. The van der Waals surface area contributed by atoms with Gasteiger partial charge in [-0.2, -0.15) is 0 Å². The monoisotopic (exact) mass is 268 g/mol. The van der Waals surface area contributed by atoms with E-state index in [0.29, 0.717) is 6.04 Å². The molecule has 112 valence electrons. The van der Waals surface area contributed by atoms with E-state index in [1.54, 1.807) is 0 Å². The van der Waals surface area contributed by atoms with E-state index in [1.807, 2.05) is 6.92 Å². The summed E-state index contributed by atoms with van der Waals surface area (Å²) in [5.74, 6) is 0.904. The largest absolute Gasteiger partial charge is 0.352 e. The molecule has 0 aromatic heterocycles. The van der Waals surface area contributed by atoms with Gasteiger partial charge in [-0.05, 0) is 45.4 Å². The number of hydrogen-bond acceptors (Lipinski definition) is 2. The smallest absolute Gasteiger partial charge is 0.237 e. The fourth-order valence-corrected chi connectivity index (χ4v) is 2.99. The summed E-state index contributed by atoms with van der Waals surface area (Å²) >= 11 is 0. The van der Waals surface area contributed by atoms with Gasteiger partial charge < -0.3 is 10.6 Å². The highest BCUT2D eigenvalue weighted by Crippen LogP contribution is 2.27. The third-order valence-corrected chi connectivity index (χ3v) is 4.52. The standard InChI is InChI=1S/C16H32N2O/c1-5-12(3)17-16(19)13(4)18-15(6-2)14-10-8-7-9-11-14/h12-15,18H,5-11H2,1-4H3,(H,17,19). The van der Waals surface area contributed by atoms with Crippen LogP contribution in [0.2, 0.25) is 0 Å². The van der Waals surface area contributed by atoms with Crippen LogP contribution in [0.5, 0.6) is 0 Å². The first-order chi connectivity index (χ1) is 9.08. The maximum Gasteiger partial charge on any atom is 0.237 e. The summed E-state index contributed by atoms with van der Waals surface area (Å²) in [4.78, 5) is 12.1. The summed E-state index contributed by atoms with van der Waals surface area (Å²) < 4.78 is 0. The summed E-state index contributed by atoms with van der Waals surface area (Å²) in [6.45, 7) is 8.37. The van der Waals surface area contributed by atoms with E-state index in [9.17, 15) is 4.79 Å². The average molecular weight is 268 g/mol. The number of carbonyl (C=O) groups is 1. The van der Waals surface area contributed by atoms with E-state index < -0.39 is 0 Å². The van der Waals surface area contributed by atoms with Crippen molar-refractivity contribution in [3.8, 4) is 0 Å². The molecule has 1 aliphatic carbocycles. The van der Waals surface area contributed by atoms with Gasteiger partial charge >= 0.3 is 0 Å². The van der Waals surface area contributed by atoms with Crippen molar-refractivity contribution in [2.75, 3.05) is 0 Å². The van der Waals surface area contributed by atoms with Crippen LogP contribution >= 0.6 is 0 Å². The van der Waals surface area contributed by atoms with Gasteiger partial charge in [0, 0.05) is 12.1 Å². The Hall–Kier alpha value is -0.570. The minimum Gasteiger partial charge on any atom is -0.352 e. The Morgan fingerprint density at radius 3 is 2.26 bits per heavy atom. The minimum absolute atomic E-state index is 0.0825. The predicted molar refractivity (Wildman–Crippen MR) is 81.1 cm³/mol. The topological polar surface area (TPSA) is 41.1 Å². The van der Waals surface area contributed by atoms with Crippen LogP contribution in [0.4, 0.5) is 0 Å². The molecule has 0 aromatic carbocycles. The highest BCUT2D eigenvalue weighted by atomic mass is 16.2. The molecule has 1 aliphatic rings. The van der Waals surface area contributed by atoms with Crippen LogP contribution in [0, 0.1) is 5.92 Å². The van der Waals surface area contributed by atoms with Gasteiger partial charge in [0.1, 0.15) is 0 Å². The molecular formula is C16H32N2O. The van der Waals surface area contributed by atoms with Crippen molar-refractivity contribution in [1.29, 1.82) is 0 Å². The summed E-state index contributed by atoms with van der Waals surface area (Å²) in [6.07, 6.45) is 8.85. The van der Waals surface area contributed by atoms with Crippen molar-refractivity contribution in [3.63, 3.8) is 0 Å². The molecular weight excluding hydrogens is 236 g/mol. The van der Waals surface area contributed by atoms with Crippen molar-refractivity contribution >= 4 is 5.91 Å². The van der Waals surface area contributed by atoms with Gasteiger partial charge in [-0.1, -0.05) is 33.1 Å². The molecule has 0 radical (unpaired) electrons. The first kappa shape index (κ1) is 16.5. The Morgan fingerprint density at radius 2 is 1.74 bits per heavy atom. The Bertz CT molecular complexity index is 261. The molecule has 3 atom stereocenters. The fourth-order valence-electron chi connectivity index (χ4n) is 2.99. The van der Waals surface area contributed by atoms with Gasteiger partial charge in [0.15, 0.2) is 0 Å². The van der Waals surface area contributed by atoms with Gasteiger partial charge in [-0.25, -0.2) is 0 Å². The molecule has 3 unspecified atom stereocenters. The highest BCUT2D eigenvalue weighted by Gasteiger charge is 2.25. The predicted octanol–water partition coefficient (Wildman–Crippen LogP) is 3.24. The van der Waals surface area contributed by atoms with E-state index in [1.165, 1.54) is 32.1 Å². The SMILES string of the molecule is CCC(C)NC(=O)C(C)NC(CC)C1CCCCC1. The molecule has 3 heteroatoms. The van der Waals surface area contributed by atoms with Crippen LogP contribution in [0.1, 0.15) is 72.6 Å². The van der Waals surface area contributed by atoms with Gasteiger partial charge in [0.25, 0.3) is 0 Å². The molecule has 1 saturated carbocycles. The second-order valence-corrected chi connectivity index (χ2v) is 6.12. The molecule has 0 saturated heterocycles.